The first-order valence-electron chi connectivity index (χ1n) is 8.39. The molecule has 0 aromatic heterocycles. The molecule has 0 nitrogen and oxygen atoms in total. The molecule has 0 aliphatic heterocycles. The maximum atomic E-state index is 4.27. The molecule has 114 valence electrons. The highest BCUT2D eigenvalue weighted by atomic mass is 14.4. The van der Waals surface area contributed by atoms with Gasteiger partial charge in [0.2, 0.25) is 0 Å². The van der Waals surface area contributed by atoms with Crippen LogP contribution in [0.2, 0.25) is 0 Å². The van der Waals surface area contributed by atoms with Crippen LogP contribution >= 0.6 is 0 Å². The Morgan fingerprint density at radius 2 is 1.47 bits per heavy atom. The number of allylic oxidation sites excluding steroid dienone is 1. The van der Waals surface area contributed by atoms with Crippen molar-refractivity contribution in [2.45, 2.75) is 81.1 Å². The summed E-state index contributed by atoms with van der Waals surface area (Å²) in [6, 6.07) is 0. The van der Waals surface area contributed by atoms with Crippen molar-refractivity contribution in [1.29, 1.82) is 0 Å². The maximum absolute atomic E-state index is 4.27. The van der Waals surface area contributed by atoms with Crippen LogP contribution in [-0.4, -0.2) is 0 Å². The van der Waals surface area contributed by atoms with E-state index in [2.05, 4.69) is 62.0 Å². The Morgan fingerprint density at radius 1 is 1.00 bits per heavy atom. The minimum Gasteiger partial charge on any atom is -0.0996 e. The van der Waals surface area contributed by atoms with Gasteiger partial charge in [0.05, 0.1) is 0 Å². The summed E-state index contributed by atoms with van der Waals surface area (Å²) in [5.41, 5.74) is 1.76. The molecule has 0 N–H and O–H groups in total. The van der Waals surface area contributed by atoms with Gasteiger partial charge in [-0.15, -0.1) is 0 Å². The van der Waals surface area contributed by atoms with Crippen LogP contribution in [-0.2, 0) is 0 Å². The Kier molecular flexibility index (Phi) is 8.01. The molecule has 0 aromatic rings. The second-order valence-corrected chi connectivity index (χ2v) is 7.25. The van der Waals surface area contributed by atoms with Crippen LogP contribution in [0.4, 0.5) is 0 Å². The van der Waals surface area contributed by atoms with Crippen LogP contribution in [0.1, 0.15) is 81.1 Å². The second kappa shape index (κ2) is 8.12. The fourth-order valence-corrected chi connectivity index (χ4v) is 3.41. The molecular weight excluding hydrogens is 228 g/mol. The van der Waals surface area contributed by atoms with E-state index in [4.69, 9.17) is 0 Å². The largest absolute Gasteiger partial charge is 0.0996 e. The molecule has 0 spiro atoms. The molecule has 0 radical (unpaired) electrons. The number of hydrogen-bond donors (Lipinski definition) is 0. The average molecular weight is 267 g/mol. The van der Waals surface area contributed by atoms with Crippen molar-refractivity contribution >= 4 is 0 Å². The molecule has 0 heteroatoms. The van der Waals surface area contributed by atoms with Gasteiger partial charge >= 0.3 is 0 Å². The third kappa shape index (κ3) is 4.97. The van der Waals surface area contributed by atoms with Crippen molar-refractivity contribution in [2.24, 2.45) is 29.1 Å². The van der Waals surface area contributed by atoms with Gasteiger partial charge in [0.25, 0.3) is 0 Å². The van der Waals surface area contributed by atoms with Crippen molar-refractivity contribution in [1.82, 2.24) is 0 Å². The van der Waals surface area contributed by atoms with Crippen LogP contribution < -0.4 is 0 Å². The van der Waals surface area contributed by atoms with Gasteiger partial charge in [-0.05, 0) is 41.9 Å². The molecule has 0 rings (SSSR count). The van der Waals surface area contributed by atoms with E-state index in [1.165, 1.54) is 24.8 Å². The molecule has 0 fully saturated rings. The van der Waals surface area contributed by atoms with Gasteiger partial charge < -0.3 is 0 Å². The van der Waals surface area contributed by atoms with Crippen molar-refractivity contribution in [3.05, 3.63) is 12.2 Å². The van der Waals surface area contributed by atoms with Gasteiger partial charge in [0.1, 0.15) is 0 Å². The second-order valence-electron chi connectivity index (χ2n) is 7.25. The van der Waals surface area contributed by atoms with Crippen LogP contribution in [0, 0.1) is 29.1 Å². The minimum absolute atomic E-state index is 0.355. The Hall–Kier alpha value is -0.260. The fraction of sp³-hybridized carbons (Fsp3) is 0.895. The summed E-state index contributed by atoms with van der Waals surface area (Å²) in [7, 11) is 0. The Bertz CT molecular complexity index is 257. The lowest BCUT2D eigenvalue weighted by Gasteiger charge is -2.40. The highest BCUT2D eigenvalue weighted by Crippen LogP contribution is 2.43. The molecular formula is C19H38. The predicted molar refractivity (Wildman–Crippen MR) is 89.4 cm³/mol. The Balaban J connectivity index is 4.71. The third-order valence-electron chi connectivity index (χ3n) is 6.03. The zero-order valence-electron chi connectivity index (χ0n) is 14.8. The highest BCUT2D eigenvalue weighted by Gasteiger charge is 2.34. The molecule has 0 bridgehead atoms. The summed E-state index contributed by atoms with van der Waals surface area (Å²) in [6.45, 7) is 23.3. The topological polar surface area (TPSA) is 0 Å². The van der Waals surface area contributed by atoms with Crippen molar-refractivity contribution in [2.75, 3.05) is 0 Å². The summed E-state index contributed by atoms with van der Waals surface area (Å²) in [5, 5.41) is 0. The first-order valence-corrected chi connectivity index (χ1v) is 8.39. The van der Waals surface area contributed by atoms with Gasteiger partial charge in [-0.1, -0.05) is 80.4 Å². The van der Waals surface area contributed by atoms with Gasteiger partial charge in [0.15, 0.2) is 0 Å². The van der Waals surface area contributed by atoms with Gasteiger partial charge in [-0.25, -0.2) is 0 Å². The van der Waals surface area contributed by atoms with Gasteiger partial charge in [0, 0.05) is 0 Å². The molecule has 0 amide bonds. The van der Waals surface area contributed by atoms with Crippen molar-refractivity contribution in [3.8, 4) is 0 Å². The average Bonchev–Trinajstić information content (AvgIpc) is 2.37. The first kappa shape index (κ1) is 18.7. The van der Waals surface area contributed by atoms with Gasteiger partial charge in [-0.3, -0.25) is 0 Å². The number of hydrogen-bond acceptors (Lipinski definition) is 0. The predicted octanol–water partition coefficient (Wildman–Crippen LogP) is 6.71. The molecule has 0 heterocycles. The zero-order valence-corrected chi connectivity index (χ0v) is 14.8. The zero-order chi connectivity index (χ0) is 15.2. The Labute approximate surface area is 123 Å². The van der Waals surface area contributed by atoms with E-state index in [0.717, 1.165) is 24.2 Å². The molecule has 0 aromatic carbocycles. The SMILES string of the molecule is C=C(CC)C(C)C(C)(C)C(C)CC(C)C(CC)CC. The number of rotatable bonds is 9. The van der Waals surface area contributed by atoms with Crippen molar-refractivity contribution in [3.63, 3.8) is 0 Å². The van der Waals surface area contributed by atoms with Crippen LogP contribution in [0.5, 0.6) is 0 Å². The van der Waals surface area contributed by atoms with E-state index in [0.29, 0.717) is 11.3 Å². The Morgan fingerprint density at radius 3 is 1.84 bits per heavy atom. The lowest BCUT2D eigenvalue weighted by Crippen LogP contribution is -2.32. The minimum atomic E-state index is 0.355. The van der Waals surface area contributed by atoms with E-state index >= 15 is 0 Å². The van der Waals surface area contributed by atoms with Crippen LogP contribution in [0.15, 0.2) is 12.2 Å². The summed E-state index contributed by atoms with van der Waals surface area (Å²) in [6.07, 6.45) is 5.10. The summed E-state index contributed by atoms with van der Waals surface area (Å²) >= 11 is 0. The molecule has 3 unspecified atom stereocenters. The van der Waals surface area contributed by atoms with E-state index in [1.54, 1.807) is 0 Å². The molecule has 0 aliphatic carbocycles. The van der Waals surface area contributed by atoms with E-state index in [-0.39, 0.29) is 0 Å². The quantitative estimate of drug-likeness (QED) is 0.407. The summed E-state index contributed by atoms with van der Waals surface area (Å²) < 4.78 is 0. The first-order chi connectivity index (χ1) is 8.72. The fourth-order valence-electron chi connectivity index (χ4n) is 3.41. The van der Waals surface area contributed by atoms with Gasteiger partial charge in [-0.2, -0.15) is 0 Å². The van der Waals surface area contributed by atoms with Crippen LogP contribution in [0.25, 0.3) is 0 Å². The van der Waals surface area contributed by atoms with E-state index in [1.807, 2.05) is 0 Å². The van der Waals surface area contributed by atoms with Crippen molar-refractivity contribution < 1.29 is 0 Å². The molecule has 19 heavy (non-hydrogen) atoms. The summed E-state index contributed by atoms with van der Waals surface area (Å²) in [4.78, 5) is 0. The lowest BCUT2D eigenvalue weighted by atomic mass is 9.65. The highest BCUT2D eigenvalue weighted by molar-refractivity contribution is 5.04. The smallest absolute Gasteiger partial charge is 0.0181 e. The molecule has 3 atom stereocenters. The maximum Gasteiger partial charge on any atom is -0.0181 e. The third-order valence-corrected chi connectivity index (χ3v) is 6.03. The van der Waals surface area contributed by atoms with E-state index < -0.39 is 0 Å². The molecule has 0 saturated heterocycles. The molecule has 0 saturated carbocycles. The standard InChI is InChI=1S/C19H38/c1-10-14(4)17(7)19(8,9)16(6)13-15(5)18(11-2)12-3/h15-18H,4,10-13H2,1-3,5-9H3. The van der Waals surface area contributed by atoms with E-state index in [9.17, 15) is 0 Å². The summed E-state index contributed by atoms with van der Waals surface area (Å²) in [5.74, 6) is 3.09. The monoisotopic (exact) mass is 266 g/mol. The molecule has 0 aliphatic rings. The normalized spacial score (nSPS) is 17.3. The lowest BCUT2D eigenvalue weighted by molar-refractivity contribution is 0.122. The van der Waals surface area contributed by atoms with Crippen LogP contribution in [0.3, 0.4) is 0 Å².